The molecule has 24 heavy (non-hydrogen) atoms. The lowest BCUT2D eigenvalue weighted by Crippen LogP contribution is -2.19. The number of rotatable bonds is 4. The fourth-order valence-electron chi connectivity index (χ4n) is 2.31. The van der Waals surface area contributed by atoms with Gasteiger partial charge in [0.2, 0.25) is 0 Å². The molecule has 4 nitrogen and oxygen atoms in total. The second-order valence-corrected chi connectivity index (χ2v) is 6.89. The lowest BCUT2D eigenvalue weighted by Gasteiger charge is -2.04. The molecule has 0 aliphatic rings. The third kappa shape index (κ3) is 3.54. The third-order valence-corrected chi connectivity index (χ3v) is 5.09. The van der Waals surface area contributed by atoms with Crippen molar-refractivity contribution < 1.29 is 9.53 Å². The SMILES string of the molecule is COCCn1c(=NC(=O)c2cc(Cl)ccc2Cl)sc2ccccc21. The zero-order valence-corrected chi connectivity index (χ0v) is 15.2. The van der Waals surface area contributed by atoms with E-state index in [4.69, 9.17) is 27.9 Å². The molecule has 0 atom stereocenters. The van der Waals surface area contributed by atoms with E-state index < -0.39 is 5.91 Å². The highest BCUT2D eigenvalue weighted by Crippen LogP contribution is 2.22. The average Bonchev–Trinajstić information content (AvgIpc) is 2.92. The summed E-state index contributed by atoms with van der Waals surface area (Å²) in [4.78, 5) is 17.4. The average molecular weight is 381 g/mol. The van der Waals surface area contributed by atoms with E-state index in [0.717, 1.165) is 10.2 Å². The van der Waals surface area contributed by atoms with Gasteiger partial charge in [-0.05, 0) is 30.3 Å². The first-order chi connectivity index (χ1) is 11.6. The Bertz CT molecular complexity index is 963. The molecule has 1 aromatic heterocycles. The van der Waals surface area contributed by atoms with Crippen molar-refractivity contribution in [3.05, 3.63) is 62.9 Å². The van der Waals surface area contributed by atoms with E-state index in [-0.39, 0.29) is 0 Å². The summed E-state index contributed by atoms with van der Waals surface area (Å²) in [7, 11) is 1.64. The molecule has 0 unspecified atom stereocenters. The number of amides is 1. The Morgan fingerprint density at radius 3 is 2.83 bits per heavy atom. The van der Waals surface area contributed by atoms with Gasteiger partial charge in [-0.25, -0.2) is 0 Å². The number of hydrogen-bond acceptors (Lipinski definition) is 3. The van der Waals surface area contributed by atoms with Crippen molar-refractivity contribution in [3.63, 3.8) is 0 Å². The lowest BCUT2D eigenvalue weighted by atomic mass is 10.2. The summed E-state index contributed by atoms with van der Waals surface area (Å²) in [6, 6.07) is 12.7. The minimum absolute atomic E-state index is 0.292. The van der Waals surface area contributed by atoms with Crippen LogP contribution in [0.25, 0.3) is 10.2 Å². The summed E-state index contributed by atoms with van der Waals surface area (Å²) in [5.74, 6) is -0.416. The Hall–Kier alpha value is -1.66. The second kappa shape index (κ2) is 7.49. The van der Waals surface area contributed by atoms with E-state index in [9.17, 15) is 4.79 Å². The summed E-state index contributed by atoms with van der Waals surface area (Å²) in [5.41, 5.74) is 1.31. The Morgan fingerprint density at radius 2 is 2.04 bits per heavy atom. The molecule has 0 saturated heterocycles. The predicted molar refractivity (Wildman–Crippen MR) is 98.0 cm³/mol. The highest BCUT2D eigenvalue weighted by atomic mass is 35.5. The number of methoxy groups -OCH3 is 1. The standard InChI is InChI=1S/C17H14Cl2N2O2S/c1-23-9-8-21-14-4-2-3-5-15(14)24-17(21)20-16(22)12-10-11(18)6-7-13(12)19/h2-7,10H,8-9H2,1H3. The smallest absolute Gasteiger partial charge is 0.281 e. The third-order valence-electron chi connectivity index (χ3n) is 3.46. The van der Waals surface area contributed by atoms with Crippen LogP contribution in [-0.4, -0.2) is 24.2 Å². The van der Waals surface area contributed by atoms with Crippen molar-refractivity contribution in [1.29, 1.82) is 0 Å². The molecule has 0 aliphatic heterocycles. The van der Waals surface area contributed by atoms with Gasteiger partial charge in [0.15, 0.2) is 4.80 Å². The van der Waals surface area contributed by atoms with Crippen LogP contribution in [0.4, 0.5) is 0 Å². The van der Waals surface area contributed by atoms with Crippen molar-refractivity contribution in [2.24, 2.45) is 4.99 Å². The number of aromatic nitrogens is 1. The summed E-state index contributed by atoms with van der Waals surface area (Å²) in [6.45, 7) is 1.13. The molecule has 2 aromatic carbocycles. The van der Waals surface area contributed by atoms with E-state index >= 15 is 0 Å². The molecular weight excluding hydrogens is 367 g/mol. The number of para-hydroxylation sites is 1. The fraction of sp³-hybridized carbons (Fsp3) is 0.176. The van der Waals surface area contributed by atoms with Gasteiger partial charge in [-0.1, -0.05) is 46.7 Å². The first-order valence-corrected chi connectivity index (χ1v) is 8.79. The predicted octanol–water partition coefficient (Wildman–Crippen LogP) is 4.40. The highest BCUT2D eigenvalue weighted by Gasteiger charge is 2.12. The zero-order chi connectivity index (χ0) is 17.1. The summed E-state index contributed by atoms with van der Waals surface area (Å²) >= 11 is 13.5. The first kappa shape index (κ1) is 17.2. The maximum Gasteiger partial charge on any atom is 0.281 e. The topological polar surface area (TPSA) is 43.6 Å². The van der Waals surface area contributed by atoms with Crippen LogP contribution in [0.5, 0.6) is 0 Å². The highest BCUT2D eigenvalue weighted by molar-refractivity contribution is 7.16. The Morgan fingerprint density at radius 1 is 1.25 bits per heavy atom. The number of carbonyl (C=O) groups is 1. The van der Waals surface area contributed by atoms with Gasteiger partial charge in [0.1, 0.15) is 0 Å². The summed E-state index contributed by atoms with van der Waals surface area (Å²) < 4.78 is 8.19. The largest absolute Gasteiger partial charge is 0.383 e. The normalized spacial score (nSPS) is 12.0. The number of hydrogen-bond donors (Lipinski definition) is 0. The van der Waals surface area contributed by atoms with E-state index in [1.54, 1.807) is 19.2 Å². The van der Waals surface area contributed by atoms with Gasteiger partial charge < -0.3 is 9.30 Å². The number of nitrogens with zero attached hydrogens (tertiary/aromatic N) is 2. The molecule has 1 heterocycles. The Balaban J connectivity index is 2.11. The van der Waals surface area contributed by atoms with Crippen molar-refractivity contribution in [2.75, 3.05) is 13.7 Å². The van der Waals surface area contributed by atoms with Crippen molar-refractivity contribution >= 4 is 50.7 Å². The molecule has 7 heteroatoms. The van der Waals surface area contributed by atoms with Crippen LogP contribution in [0, 0.1) is 0 Å². The van der Waals surface area contributed by atoms with Crippen molar-refractivity contribution in [3.8, 4) is 0 Å². The van der Waals surface area contributed by atoms with E-state index in [0.29, 0.717) is 33.6 Å². The van der Waals surface area contributed by atoms with Gasteiger partial charge >= 0.3 is 0 Å². The molecule has 0 bridgehead atoms. The van der Waals surface area contributed by atoms with Gasteiger partial charge in [0, 0.05) is 18.7 Å². The van der Waals surface area contributed by atoms with Crippen LogP contribution < -0.4 is 4.80 Å². The maximum absolute atomic E-state index is 12.5. The molecule has 0 saturated carbocycles. The Labute approximate surface area is 152 Å². The van der Waals surface area contributed by atoms with Crippen LogP contribution in [0.1, 0.15) is 10.4 Å². The molecular formula is C17H14Cl2N2O2S. The molecule has 0 radical (unpaired) electrons. The molecule has 124 valence electrons. The van der Waals surface area contributed by atoms with Gasteiger partial charge in [0.05, 0.1) is 27.4 Å². The summed E-state index contributed by atoms with van der Waals surface area (Å²) in [6.07, 6.45) is 0. The monoisotopic (exact) mass is 380 g/mol. The molecule has 0 fully saturated rings. The minimum Gasteiger partial charge on any atom is -0.383 e. The van der Waals surface area contributed by atoms with Gasteiger partial charge in [0.25, 0.3) is 5.91 Å². The molecule has 0 aliphatic carbocycles. The number of thiazole rings is 1. The van der Waals surface area contributed by atoms with Gasteiger partial charge in [-0.15, -0.1) is 0 Å². The van der Waals surface area contributed by atoms with Crippen LogP contribution in [0.3, 0.4) is 0 Å². The van der Waals surface area contributed by atoms with E-state index in [1.807, 2.05) is 28.8 Å². The summed E-state index contributed by atoms with van der Waals surface area (Å²) in [5, 5.41) is 0.777. The maximum atomic E-state index is 12.5. The second-order valence-electron chi connectivity index (χ2n) is 5.04. The molecule has 1 amide bonds. The van der Waals surface area contributed by atoms with Gasteiger partial charge in [-0.3, -0.25) is 4.79 Å². The molecule has 3 aromatic rings. The van der Waals surface area contributed by atoms with E-state index in [2.05, 4.69) is 4.99 Å². The number of ether oxygens (including phenoxy) is 1. The van der Waals surface area contributed by atoms with Crippen LogP contribution in [0.15, 0.2) is 47.5 Å². The lowest BCUT2D eigenvalue weighted by molar-refractivity contribution is 0.0997. The fourth-order valence-corrected chi connectivity index (χ4v) is 3.74. The molecule has 0 N–H and O–H groups in total. The van der Waals surface area contributed by atoms with Crippen molar-refractivity contribution in [1.82, 2.24) is 4.57 Å². The number of halogens is 2. The van der Waals surface area contributed by atoms with E-state index in [1.165, 1.54) is 17.4 Å². The van der Waals surface area contributed by atoms with Gasteiger partial charge in [-0.2, -0.15) is 4.99 Å². The number of benzene rings is 2. The molecule has 0 spiro atoms. The quantitative estimate of drug-likeness (QED) is 0.673. The van der Waals surface area contributed by atoms with Crippen molar-refractivity contribution in [2.45, 2.75) is 6.54 Å². The zero-order valence-electron chi connectivity index (χ0n) is 12.8. The first-order valence-electron chi connectivity index (χ1n) is 7.21. The van der Waals surface area contributed by atoms with Crippen LogP contribution in [-0.2, 0) is 11.3 Å². The molecule has 3 rings (SSSR count). The Kier molecular flexibility index (Phi) is 5.36. The van der Waals surface area contributed by atoms with Crippen LogP contribution >= 0.6 is 34.5 Å². The van der Waals surface area contributed by atoms with Crippen LogP contribution in [0.2, 0.25) is 10.0 Å². The number of carbonyl (C=O) groups excluding carboxylic acids is 1. The minimum atomic E-state index is -0.416. The number of fused-ring (bicyclic) bond motifs is 1.